The maximum absolute atomic E-state index is 10.2. The van der Waals surface area contributed by atoms with Crippen LogP contribution in [0.1, 0.15) is 25.7 Å². The fraction of sp³-hybridized carbons (Fsp3) is 0.571. The quantitative estimate of drug-likeness (QED) is 0.363. The molecule has 0 radical (unpaired) electrons. The molecule has 10 heavy (non-hydrogen) atoms. The molecule has 0 spiro atoms. The zero-order valence-corrected chi connectivity index (χ0v) is 6.22. The number of carbonyl (C=O) groups is 1. The van der Waals surface area contributed by atoms with Gasteiger partial charge in [-0.25, -0.2) is 0 Å². The summed E-state index contributed by atoms with van der Waals surface area (Å²) >= 11 is 0. The van der Waals surface area contributed by atoms with Crippen molar-refractivity contribution in [2.45, 2.75) is 25.7 Å². The Kier molecular flexibility index (Phi) is 4.51. The van der Waals surface area contributed by atoms with Gasteiger partial charge in [-0.2, -0.15) is 0 Å². The predicted molar refractivity (Wildman–Crippen MR) is 31.6 cm³/mol. The minimum absolute atomic E-state index is 0. The van der Waals surface area contributed by atoms with Crippen LogP contribution in [0.5, 0.6) is 0 Å². The molecular formula is C7H9LiO2. The van der Waals surface area contributed by atoms with Crippen LogP contribution in [-0.4, -0.2) is 5.97 Å². The Labute approximate surface area is 72.5 Å². The number of hydrogen-bond acceptors (Lipinski definition) is 2. The minimum atomic E-state index is -0.991. The van der Waals surface area contributed by atoms with Gasteiger partial charge in [0.1, 0.15) is 0 Å². The zero-order valence-electron chi connectivity index (χ0n) is 6.22. The molecule has 0 N–H and O–H groups in total. The molecule has 0 aromatic carbocycles. The van der Waals surface area contributed by atoms with E-state index in [1.165, 1.54) is 0 Å². The van der Waals surface area contributed by atoms with Crippen molar-refractivity contribution in [1.29, 1.82) is 0 Å². The van der Waals surface area contributed by atoms with Gasteiger partial charge in [0.15, 0.2) is 0 Å². The van der Waals surface area contributed by atoms with E-state index in [2.05, 4.69) is 0 Å². The first-order valence-electron chi connectivity index (χ1n) is 3.21. The molecule has 0 aromatic rings. The van der Waals surface area contributed by atoms with Crippen LogP contribution in [0, 0.1) is 0 Å². The van der Waals surface area contributed by atoms with Crippen LogP contribution in [0.2, 0.25) is 0 Å². The third-order valence-electron chi connectivity index (χ3n) is 1.55. The van der Waals surface area contributed by atoms with E-state index in [1.807, 2.05) is 0 Å². The predicted octanol–water partition coefficient (Wildman–Crippen LogP) is -2.76. The van der Waals surface area contributed by atoms with Crippen LogP contribution < -0.4 is 24.0 Å². The van der Waals surface area contributed by atoms with Crippen molar-refractivity contribution in [3.8, 4) is 0 Å². The van der Waals surface area contributed by atoms with E-state index in [0.29, 0.717) is 12.0 Å². The Morgan fingerprint density at radius 3 is 2.50 bits per heavy atom. The van der Waals surface area contributed by atoms with Crippen LogP contribution >= 0.6 is 0 Å². The van der Waals surface area contributed by atoms with Gasteiger partial charge >= 0.3 is 18.9 Å². The summed E-state index contributed by atoms with van der Waals surface area (Å²) in [5.41, 5.74) is 0.487. The van der Waals surface area contributed by atoms with Crippen molar-refractivity contribution in [1.82, 2.24) is 0 Å². The molecule has 0 bridgehead atoms. The van der Waals surface area contributed by atoms with Gasteiger partial charge in [-0.1, -0.05) is 6.08 Å². The third-order valence-corrected chi connectivity index (χ3v) is 1.55. The molecule has 3 heteroatoms. The van der Waals surface area contributed by atoms with Crippen LogP contribution in [0.4, 0.5) is 0 Å². The summed E-state index contributed by atoms with van der Waals surface area (Å²) in [4.78, 5) is 10.2. The molecule has 1 aliphatic rings. The number of carboxylic acid groups (broad SMARTS) is 1. The Hall–Kier alpha value is -0.193. The Morgan fingerprint density at radius 1 is 1.50 bits per heavy atom. The summed E-state index contributed by atoms with van der Waals surface area (Å²) in [5.74, 6) is -0.991. The summed E-state index contributed by atoms with van der Waals surface area (Å²) in [7, 11) is 0. The first-order chi connectivity index (χ1) is 4.30. The summed E-state index contributed by atoms with van der Waals surface area (Å²) < 4.78 is 0. The monoisotopic (exact) mass is 132 g/mol. The minimum Gasteiger partial charge on any atom is -0.545 e. The topological polar surface area (TPSA) is 40.1 Å². The van der Waals surface area contributed by atoms with Gasteiger partial charge in [0.25, 0.3) is 0 Å². The molecule has 0 aromatic heterocycles. The van der Waals surface area contributed by atoms with Gasteiger partial charge in [-0.05, 0) is 31.3 Å². The smallest absolute Gasteiger partial charge is 0.545 e. The van der Waals surface area contributed by atoms with Gasteiger partial charge in [-0.3, -0.25) is 0 Å². The molecule has 0 heterocycles. The van der Waals surface area contributed by atoms with E-state index in [0.717, 1.165) is 19.3 Å². The summed E-state index contributed by atoms with van der Waals surface area (Å²) in [6, 6.07) is 0. The Bertz CT molecular complexity index is 152. The molecule has 2 nitrogen and oxygen atoms in total. The second kappa shape index (κ2) is 4.60. The third kappa shape index (κ3) is 2.60. The SMILES string of the molecule is O=C([O-])C1=CCCCC1.[Li+]. The summed E-state index contributed by atoms with van der Waals surface area (Å²) in [6.45, 7) is 0. The molecule has 0 aliphatic heterocycles. The van der Waals surface area contributed by atoms with Crippen molar-refractivity contribution in [3.63, 3.8) is 0 Å². The number of aliphatic carboxylic acids is 1. The van der Waals surface area contributed by atoms with Gasteiger partial charge in [0.05, 0.1) is 5.97 Å². The maximum Gasteiger partial charge on any atom is 1.00 e. The fourth-order valence-electron chi connectivity index (χ4n) is 1.02. The van der Waals surface area contributed by atoms with E-state index in [4.69, 9.17) is 0 Å². The zero-order chi connectivity index (χ0) is 6.69. The van der Waals surface area contributed by atoms with E-state index in [1.54, 1.807) is 6.08 Å². The van der Waals surface area contributed by atoms with Gasteiger partial charge < -0.3 is 9.90 Å². The number of allylic oxidation sites excluding steroid dienone is 1. The largest absolute Gasteiger partial charge is 1.00 e. The van der Waals surface area contributed by atoms with Crippen LogP contribution in [0.3, 0.4) is 0 Å². The van der Waals surface area contributed by atoms with E-state index in [-0.39, 0.29) is 18.9 Å². The number of carboxylic acids is 1. The molecule has 0 fully saturated rings. The second-order valence-electron chi connectivity index (χ2n) is 2.26. The summed E-state index contributed by atoms with van der Waals surface area (Å²) in [5, 5.41) is 10.2. The fourth-order valence-corrected chi connectivity index (χ4v) is 1.02. The average Bonchev–Trinajstić information content (AvgIpc) is 1.90. The van der Waals surface area contributed by atoms with Crippen molar-refractivity contribution in [2.24, 2.45) is 0 Å². The van der Waals surface area contributed by atoms with Gasteiger partial charge in [0, 0.05) is 0 Å². The average molecular weight is 132 g/mol. The van der Waals surface area contributed by atoms with E-state index >= 15 is 0 Å². The first kappa shape index (κ1) is 9.81. The number of rotatable bonds is 1. The number of carbonyl (C=O) groups excluding carboxylic acids is 1. The van der Waals surface area contributed by atoms with Gasteiger partial charge in [0.2, 0.25) is 0 Å². The van der Waals surface area contributed by atoms with E-state index < -0.39 is 5.97 Å². The van der Waals surface area contributed by atoms with Crippen molar-refractivity contribution < 1.29 is 28.8 Å². The molecule has 50 valence electrons. The molecule has 1 aliphatic carbocycles. The normalized spacial score (nSPS) is 17.0. The standard InChI is InChI=1S/C7H10O2.Li/c8-7(9)6-4-2-1-3-5-6;/h4H,1-3,5H2,(H,8,9);/q;+1/p-1. The first-order valence-corrected chi connectivity index (χ1v) is 3.21. The van der Waals surface area contributed by atoms with Crippen LogP contribution in [-0.2, 0) is 4.79 Å². The Balaban J connectivity index is 0.000000810. The van der Waals surface area contributed by atoms with E-state index in [9.17, 15) is 9.90 Å². The van der Waals surface area contributed by atoms with Crippen LogP contribution in [0.25, 0.3) is 0 Å². The molecular weight excluding hydrogens is 123 g/mol. The molecule has 0 saturated heterocycles. The molecule has 0 saturated carbocycles. The number of hydrogen-bond donors (Lipinski definition) is 0. The van der Waals surface area contributed by atoms with Crippen molar-refractivity contribution in [3.05, 3.63) is 11.6 Å². The Morgan fingerprint density at radius 2 is 2.20 bits per heavy atom. The molecule has 0 unspecified atom stereocenters. The van der Waals surface area contributed by atoms with Gasteiger partial charge in [-0.15, -0.1) is 0 Å². The maximum atomic E-state index is 10.2. The summed E-state index contributed by atoms with van der Waals surface area (Å²) in [6.07, 6.45) is 5.49. The molecule has 1 rings (SSSR count). The second-order valence-corrected chi connectivity index (χ2v) is 2.26. The van der Waals surface area contributed by atoms with Crippen LogP contribution in [0.15, 0.2) is 11.6 Å². The molecule has 0 atom stereocenters. The van der Waals surface area contributed by atoms with Crippen molar-refractivity contribution >= 4 is 5.97 Å². The van der Waals surface area contributed by atoms with Crippen molar-refractivity contribution in [2.75, 3.05) is 0 Å². The molecule has 0 amide bonds.